The van der Waals surface area contributed by atoms with Crippen molar-refractivity contribution in [2.75, 3.05) is 6.61 Å². The summed E-state index contributed by atoms with van der Waals surface area (Å²) in [7, 11) is 0. The first-order chi connectivity index (χ1) is 4.34. The smallest absolute Gasteiger partial charge is 0.230 e. The van der Waals surface area contributed by atoms with Crippen LogP contribution in [0.25, 0.3) is 0 Å². The highest BCUT2D eigenvalue weighted by Gasteiger charge is 2.17. The van der Waals surface area contributed by atoms with Crippen LogP contribution in [-0.2, 0) is 4.79 Å². The zero-order valence-electron chi connectivity index (χ0n) is 5.00. The van der Waals surface area contributed by atoms with E-state index in [2.05, 4.69) is 5.32 Å². The van der Waals surface area contributed by atoms with E-state index in [-0.39, 0.29) is 18.4 Å². The summed E-state index contributed by atoms with van der Waals surface area (Å²) < 4.78 is 0. The Morgan fingerprint density at radius 1 is 1.78 bits per heavy atom. The molecule has 0 spiro atoms. The lowest BCUT2D eigenvalue weighted by Gasteiger charge is -2.00. The second-order valence-electron chi connectivity index (χ2n) is 1.99. The van der Waals surface area contributed by atoms with Crippen molar-refractivity contribution in [1.29, 1.82) is 0 Å². The third kappa shape index (κ3) is 1.29. The van der Waals surface area contributed by atoms with Crippen LogP contribution in [0.5, 0.6) is 0 Å². The Morgan fingerprint density at radius 3 is 3.00 bits per heavy atom. The summed E-state index contributed by atoms with van der Waals surface area (Å²) in [6, 6.07) is 0. The van der Waals surface area contributed by atoms with Crippen LogP contribution in [-0.4, -0.2) is 17.6 Å². The molecule has 1 aliphatic rings. The summed E-state index contributed by atoms with van der Waals surface area (Å²) in [5.41, 5.74) is 0. The quantitative estimate of drug-likeness (QED) is 0.531. The Kier molecular flexibility index (Phi) is 1.85. The maximum Gasteiger partial charge on any atom is 0.230 e. The maximum absolute atomic E-state index is 10.7. The first kappa shape index (κ1) is 6.29. The fourth-order valence-electron chi connectivity index (χ4n) is 0.807. The monoisotopic (exact) mass is 127 g/mol. The lowest BCUT2D eigenvalue weighted by Crippen LogP contribution is -2.19. The third-order valence-corrected chi connectivity index (χ3v) is 1.33. The Balaban J connectivity index is 2.40. The highest BCUT2D eigenvalue weighted by molar-refractivity contribution is 5.83. The van der Waals surface area contributed by atoms with Crippen molar-refractivity contribution in [3.8, 4) is 0 Å². The molecule has 1 atom stereocenters. The fourth-order valence-corrected chi connectivity index (χ4v) is 0.807. The normalized spacial score (nSPS) is 24.6. The molecule has 0 aromatic carbocycles. The highest BCUT2D eigenvalue weighted by Crippen LogP contribution is 2.08. The van der Waals surface area contributed by atoms with Gasteiger partial charge in [-0.25, -0.2) is 0 Å². The summed E-state index contributed by atoms with van der Waals surface area (Å²) in [4.78, 5) is 10.7. The van der Waals surface area contributed by atoms with E-state index in [1.54, 1.807) is 12.3 Å². The van der Waals surface area contributed by atoms with Crippen molar-refractivity contribution in [3.05, 3.63) is 12.3 Å². The topological polar surface area (TPSA) is 49.3 Å². The third-order valence-electron chi connectivity index (χ3n) is 1.33. The number of hydrogen-bond acceptors (Lipinski definition) is 2. The Morgan fingerprint density at radius 2 is 2.56 bits per heavy atom. The van der Waals surface area contributed by atoms with Crippen LogP contribution in [0.15, 0.2) is 12.3 Å². The molecular weight excluding hydrogens is 118 g/mol. The Labute approximate surface area is 53.4 Å². The van der Waals surface area contributed by atoms with Crippen molar-refractivity contribution in [2.24, 2.45) is 5.92 Å². The first-order valence-electron chi connectivity index (χ1n) is 2.92. The number of carbonyl (C=O) groups is 1. The molecule has 1 heterocycles. The van der Waals surface area contributed by atoms with Crippen molar-refractivity contribution in [1.82, 2.24) is 5.32 Å². The van der Waals surface area contributed by atoms with Gasteiger partial charge in [0, 0.05) is 12.8 Å². The number of rotatable bonds is 2. The van der Waals surface area contributed by atoms with Gasteiger partial charge in [0.1, 0.15) is 0 Å². The van der Waals surface area contributed by atoms with Crippen LogP contribution in [0.2, 0.25) is 0 Å². The van der Waals surface area contributed by atoms with E-state index in [0.29, 0.717) is 6.42 Å². The van der Waals surface area contributed by atoms with E-state index in [9.17, 15) is 4.79 Å². The average Bonchev–Trinajstić information content (AvgIpc) is 2.18. The van der Waals surface area contributed by atoms with Crippen LogP contribution in [0.1, 0.15) is 6.42 Å². The molecule has 0 saturated heterocycles. The molecule has 0 radical (unpaired) electrons. The molecule has 1 unspecified atom stereocenters. The number of hydrogen-bond donors (Lipinski definition) is 2. The molecule has 0 bridgehead atoms. The molecule has 0 fully saturated rings. The molecule has 1 amide bonds. The Hall–Kier alpha value is -0.830. The first-order valence-corrected chi connectivity index (χ1v) is 2.92. The van der Waals surface area contributed by atoms with Crippen LogP contribution in [0, 0.1) is 5.92 Å². The lowest BCUT2D eigenvalue weighted by molar-refractivity contribution is -0.122. The van der Waals surface area contributed by atoms with E-state index < -0.39 is 0 Å². The van der Waals surface area contributed by atoms with Gasteiger partial charge >= 0.3 is 0 Å². The summed E-state index contributed by atoms with van der Waals surface area (Å²) >= 11 is 0. The Bertz CT molecular complexity index is 142. The predicted octanol–water partition coefficient (Wildman–Crippen LogP) is -0.372. The molecule has 0 aromatic rings. The highest BCUT2D eigenvalue weighted by atomic mass is 16.3. The van der Waals surface area contributed by atoms with Crippen molar-refractivity contribution >= 4 is 5.91 Å². The minimum absolute atomic E-state index is 0.0101. The molecule has 3 nitrogen and oxygen atoms in total. The standard InChI is InChI=1S/C6H9NO2/c8-4-2-5-1-3-7-6(5)9/h1,3,5,8H,2,4H2,(H,7,9). The number of amides is 1. The van der Waals surface area contributed by atoms with Crippen molar-refractivity contribution in [2.45, 2.75) is 6.42 Å². The van der Waals surface area contributed by atoms with Gasteiger partial charge in [0.05, 0.1) is 5.92 Å². The molecule has 1 aliphatic heterocycles. The second kappa shape index (κ2) is 2.64. The SMILES string of the molecule is O=C1NC=CC1CCO. The minimum Gasteiger partial charge on any atom is -0.396 e. The molecule has 0 aromatic heterocycles. The summed E-state index contributed by atoms with van der Waals surface area (Å²) in [6.45, 7) is 0.0719. The van der Waals surface area contributed by atoms with Crippen LogP contribution in [0.3, 0.4) is 0 Å². The zero-order valence-corrected chi connectivity index (χ0v) is 5.00. The van der Waals surface area contributed by atoms with Crippen LogP contribution >= 0.6 is 0 Å². The van der Waals surface area contributed by atoms with E-state index in [1.807, 2.05) is 0 Å². The van der Waals surface area contributed by atoms with E-state index >= 15 is 0 Å². The van der Waals surface area contributed by atoms with Gasteiger partial charge in [-0.05, 0) is 6.42 Å². The van der Waals surface area contributed by atoms with E-state index in [4.69, 9.17) is 5.11 Å². The molecule has 1 rings (SSSR count). The maximum atomic E-state index is 10.7. The van der Waals surface area contributed by atoms with Crippen LogP contribution < -0.4 is 5.32 Å². The van der Waals surface area contributed by atoms with Gasteiger partial charge in [-0.1, -0.05) is 6.08 Å². The minimum atomic E-state index is -0.102. The molecular formula is C6H9NO2. The molecule has 0 saturated carbocycles. The van der Waals surface area contributed by atoms with Gasteiger partial charge in [0.25, 0.3) is 0 Å². The largest absolute Gasteiger partial charge is 0.396 e. The van der Waals surface area contributed by atoms with E-state index in [1.165, 1.54) is 0 Å². The number of nitrogens with one attached hydrogen (secondary N) is 1. The summed E-state index contributed by atoms with van der Waals surface area (Å²) in [5.74, 6) is -0.112. The van der Waals surface area contributed by atoms with Gasteiger partial charge in [-0.15, -0.1) is 0 Å². The second-order valence-corrected chi connectivity index (χ2v) is 1.99. The molecule has 2 N–H and O–H groups in total. The lowest BCUT2D eigenvalue weighted by atomic mass is 10.1. The van der Waals surface area contributed by atoms with Crippen LogP contribution in [0.4, 0.5) is 0 Å². The fraction of sp³-hybridized carbons (Fsp3) is 0.500. The number of carbonyl (C=O) groups excluding carboxylic acids is 1. The molecule has 0 aliphatic carbocycles. The van der Waals surface area contributed by atoms with Gasteiger partial charge in [0.15, 0.2) is 0 Å². The number of aliphatic hydroxyl groups excluding tert-OH is 1. The number of aliphatic hydroxyl groups is 1. The van der Waals surface area contributed by atoms with Gasteiger partial charge in [-0.3, -0.25) is 4.79 Å². The van der Waals surface area contributed by atoms with Gasteiger partial charge in [-0.2, -0.15) is 0 Å². The van der Waals surface area contributed by atoms with Gasteiger partial charge < -0.3 is 10.4 Å². The summed E-state index contributed by atoms with van der Waals surface area (Å²) in [5, 5.41) is 11.0. The molecule has 3 heteroatoms. The summed E-state index contributed by atoms with van der Waals surface area (Å²) in [6.07, 6.45) is 3.91. The molecule has 50 valence electrons. The van der Waals surface area contributed by atoms with Crippen molar-refractivity contribution in [3.63, 3.8) is 0 Å². The van der Waals surface area contributed by atoms with E-state index in [0.717, 1.165) is 0 Å². The van der Waals surface area contributed by atoms with Gasteiger partial charge in [0.2, 0.25) is 5.91 Å². The van der Waals surface area contributed by atoms with Crippen molar-refractivity contribution < 1.29 is 9.90 Å². The predicted molar refractivity (Wildman–Crippen MR) is 32.5 cm³/mol. The average molecular weight is 127 g/mol. The zero-order chi connectivity index (χ0) is 6.69. The molecule has 9 heavy (non-hydrogen) atoms.